The highest BCUT2D eigenvalue weighted by atomic mass is 35.5. The lowest BCUT2D eigenvalue weighted by Gasteiger charge is -2.32. The van der Waals surface area contributed by atoms with E-state index in [1.54, 1.807) is 12.4 Å². The summed E-state index contributed by atoms with van der Waals surface area (Å²) >= 11 is 6.07. The van der Waals surface area contributed by atoms with Gasteiger partial charge in [-0.1, -0.05) is 23.7 Å². The highest BCUT2D eigenvalue weighted by Crippen LogP contribution is 2.33. The topological polar surface area (TPSA) is 54.5 Å². The molecule has 2 saturated heterocycles. The summed E-state index contributed by atoms with van der Waals surface area (Å²) in [5.74, 6) is -0.0975. The van der Waals surface area contributed by atoms with Gasteiger partial charge in [0.2, 0.25) is 5.91 Å². The monoisotopic (exact) mass is 357 g/mol. The molecule has 1 aromatic heterocycles. The summed E-state index contributed by atoms with van der Waals surface area (Å²) in [5.41, 5.74) is 1.91. The minimum absolute atomic E-state index is 0.0186. The molecular weight excluding hydrogens is 338 g/mol. The van der Waals surface area contributed by atoms with Crippen LogP contribution in [0, 0.1) is 5.92 Å². The second kappa shape index (κ2) is 7.12. The number of hydrogen-bond acceptors (Lipinski definition) is 4. The molecule has 2 aromatic rings. The molecule has 6 heteroatoms. The van der Waals surface area contributed by atoms with Crippen LogP contribution in [0.1, 0.15) is 12.0 Å². The highest BCUT2D eigenvalue weighted by molar-refractivity contribution is 6.30. The Hall–Kier alpha value is -1.95. The number of morpholine rings is 1. The number of carbonyl (C=O) groups excluding carboxylic acids is 1. The van der Waals surface area contributed by atoms with Crippen molar-refractivity contribution in [3.8, 4) is 0 Å². The molecule has 1 N–H and O–H groups in total. The van der Waals surface area contributed by atoms with E-state index in [0.717, 1.165) is 36.8 Å². The van der Waals surface area contributed by atoms with E-state index in [9.17, 15) is 4.79 Å². The van der Waals surface area contributed by atoms with E-state index in [1.165, 1.54) is 5.56 Å². The van der Waals surface area contributed by atoms with Gasteiger partial charge in [0.1, 0.15) is 0 Å². The Morgan fingerprint density at radius 2 is 2.24 bits per heavy atom. The van der Waals surface area contributed by atoms with Crippen LogP contribution in [0.15, 0.2) is 48.8 Å². The number of pyridine rings is 1. The Kier molecular flexibility index (Phi) is 4.70. The van der Waals surface area contributed by atoms with E-state index in [2.05, 4.69) is 21.3 Å². The van der Waals surface area contributed by atoms with Gasteiger partial charge >= 0.3 is 0 Å². The molecule has 4 rings (SSSR count). The van der Waals surface area contributed by atoms with E-state index >= 15 is 0 Å². The van der Waals surface area contributed by atoms with Gasteiger partial charge in [-0.3, -0.25) is 14.7 Å². The minimum atomic E-state index is -0.116. The predicted octanol–water partition coefficient (Wildman–Crippen LogP) is 2.96. The summed E-state index contributed by atoms with van der Waals surface area (Å²) in [5, 5.41) is 3.70. The van der Waals surface area contributed by atoms with Crippen LogP contribution >= 0.6 is 11.6 Å². The van der Waals surface area contributed by atoms with Crippen LogP contribution in [0.4, 0.5) is 5.69 Å². The van der Waals surface area contributed by atoms with E-state index in [0.29, 0.717) is 0 Å². The standard InChI is InChI=1S/C19H20ClN3O2/c20-14-4-1-3-13(7-14)10-23-11-16-8-17(18(12-23)25-16)19(24)22-15-5-2-6-21-9-15/h1-7,9,16-18H,8,10-12H2,(H,22,24). The number of benzene rings is 1. The van der Waals surface area contributed by atoms with Crippen molar-refractivity contribution < 1.29 is 9.53 Å². The van der Waals surface area contributed by atoms with Gasteiger partial charge in [0.15, 0.2) is 0 Å². The molecule has 1 amide bonds. The fraction of sp³-hybridized carbons (Fsp3) is 0.368. The Labute approximate surface area is 152 Å². The molecule has 2 aliphatic rings. The lowest BCUT2D eigenvalue weighted by atomic mass is 9.99. The maximum atomic E-state index is 12.6. The molecule has 1 aromatic carbocycles. The lowest BCUT2D eigenvalue weighted by Crippen LogP contribution is -2.44. The summed E-state index contributed by atoms with van der Waals surface area (Å²) < 4.78 is 6.02. The SMILES string of the molecule is O=C(Nc1cccnc1)C1CC2CN(Cc3cccc(Cl)c3)CC1O2. The maximum Gasteiger partial charge on any atom is 0.230 e. The van der Waals surface area contributed by atoms with Gasteiger partial charge in [-0.25, -0.2) is 0 Å². The molecule has 25 heavy (non-hydrogen) atoms. The molecule has 3 heterocycles. The first-order valence-electron chi connectivity index (χ1n) is 8.50. The number of likely N-dealkylation sites (tertiary alicyclic amines) is 1. The number of hydrogen-bond donors (Lipinski definition) is 1. The van der Waals surface area contributed by atoms with Crippen molar-refractivity contribution in [2.24, 2.45) is 5.92 Å². The van der Waals surface area contributed by atoms with Crippen molar-refractivity contribution in [1.29, 1.82) is 0 Å². The molecule has 130 valence electrons. The van der Waals surface area contributed by atoms with Gasteiger partial charge in [-0.2, -0.15) is 0 Å². The van der Waals surface area contributed by atoms with E-state index in [-0.39, 0.29) is 24.0 Å². The number of nitrogens with one attached hydrogen (secondary N) is 1. The normalized spacial score (nSPS) is 25.7. The van der Waals surface area contributed by atoms with Crippen molar-refractivity contribution in [2.75, 3.05) is 18.4 Å². The zero-order valence-electron chi connectivity index (χ0n) is 13.8. The number of carbonyl (C=O) groups is 1. The fourth-order valence-corrected chi connectivity index (χ4v) is 3.92. The number of ether oxygens (including phenoxy) is 1. The van der Waals surface area contributed by atoms with Crippen LogP contribution in [-0.4, -0.2) is 41.1 Å². The summed E-state index contributed by atoms with van der Waals surface area (Å²) in [4.78, 5) is 19.0. The van der Waals surface area contributed by atoms with Gasteiger partial charge in [-0.15, -0.1) is 0 Å². The molecule has 5 nitrogen and oxygen atoms in total. The first-order valence-corrected chi connectivity index (χ1v) is 8.88. The molecule has 0 spiro atoms. The fourth-order valence-electron chi connectivity index (χ4n) is 3.71. The summed E-state index contributed by atoms with van der Waals surface area (Å²) in [6, 6.07) is 11.6. The number of fused-ring (bicyclic) bond motifs is 2. The van der Waals surface area contributed by atoms with Crippen molar-refractivity contribution in [1.82, 2.24) is 9.88 Å². The molecule has 0 saturated carbocycles. The van der Waals surface area contributed by atoms with Crippen LogP contribution in [0.3, 0.4) is 0 Å². The first kappa shape index (κ1) is 16.5. The first-order chi connectivity index (χ1) is 12.2. The van der Waals surface area contributed by atoms with Crippen LogP contribution < -0.4 is 5.32 Å². The minimum Gasteiger partial charge on any atom is -0.371 e. The van der Waals surface area contributed by atoms with Crippen molar-refractivity contribution in [2.45, 2.75) is 25.2 Å². The largest absolute Gasteiger partial charge is 0.371 e. The van der Waals surface area contributed by atoms with Gasteiger partial charge in [0.25, 0.3) is 0 Å². The Bertz CT molecular complexity index is 755. The Balaban J connectivity index is 1.39. The average molecular weight is 358 g/mol. The van der Waals surface area contributed by atoms with Gasteiger partial charge in [0, 0.05) is 30.9 Å². The third-order valence-corrected chi connectivity index (χ3v) is 5.03. The van der Waals surface area contributed by atoms with Crippen LogP contribution in [0.25, 0.3) is 0 Å². The number of amides is 1. The Morgan fingerprint density at radius 1 is 1.32 bits per heavy atom. The van der Waals surface area contributed by atoms with Crippen molar-refractivity contribution in [3.05, 3.63) is 59.4 Å². The molecular formula is C19H20ClN3O2. The maximum absolute atomic E-state index is 12.6. The average Bonchev–Trinajstić information content (AvgIpc) is 2.90. The van der Waals surface area contributed by atoms with E-state index < -0.39 is 0 Å². The molecule has 3 atom stereocenters. The van der Waals surface area contributed by atoms with Gasteiger partial charge in [-0.05, 0) is 36.2 Å². The lowest BCUT2D eigenvalue weighted by molar-refractivity contribution is -0.123. The van der Waals surface area contributed by atoms with Gasteiger partial charge in [0.05, 0.1) is 30.0 Å². The smallest absolute Gasteiger partial charge is 0.230 e. The quantitative estimate of drug-likeness (QED) is 0.914. The summed E-state index contributed by atoms with van der Waals surface area (Å²) in [6.07, 6.45) is 4.17. The number of nitrogens with zero attached hydrogens (tertiary/aromatic N) is 2. The second-order valence-electron chi connectivity index (χ2n) is 6.69. The third-order valence-electron chi connectivity index (χ3n) is 4.79. The molecule has 3 unspecified atom stereocenters. The molecule has 0 aliphatic carbocycles. The number of anilines is 1. The van der Waals surface area contributed by atoms with Crippen molar-refractivity contribution in [3.63, 3.8) is 0 Å². The second-order valence-corrected chi connectivity index (χ2v) is 7.13. The summed E-state index contributed by atoms with van der Waals surface area (Å²) in [7, 11) is 0. The highest BCUT2D eigenvalue weighted by Gasteiger charge is 2.44. The van der Waals surface area contributed by atoms with E-state index in [1.807, 2.05) is 30.3 Å². The van der Waals surface area contributed by atoms with Gasteiger partial charge < -0.3 is 10.1 Å². The zero-order chi connectivity index (χ0) is 17.2. The predicted molar refractivity (Wildman–Crippen MR) is 96.4 cm³/mol. The van der Waals surface area contributed by atoms with Crippen molar-refractivity contribution >= 4 is 23.2 Å². The molecule has 0 radical (unpaired) electrons. The number of halogens is 1. The Morgan fingerprint density at radius 3 is 3.04 bits per heavy atom. The van der Waals surface area contributed by atoms with Crippen LogP contribution in [0.2, 0.25) is 5.02 Å². The van der Waals surface area contributed by atoms with Crippen LogP contribution in [0.5, 0.6) is 0 Å². The molecule has 2 bridgehead atoms. The number of aromatic nitrogens is 1. The summed E-state index contributed by atoms with van der Waals surface area (Å²) in [6.45, 7) is 2.43. The molecule has 2 fully saturated rings. The van der Waals surface area contributed by atoms with Crippen LogP contribution in [-0.2, 0) is 16.1 Å². The number of rotatable bonds is 4. The van der Waals surface area contributed by atoms with E-state index in [4.69, 9.17) is 16.3 Å². The molecule has 2 aliphatic heterocycles. The zero-order valence-corrected chi connectivity index (χ0v) is 14.5. The third kappa shape index (κ3) is 3.84.